The first kappa shape index (κ1) is 11.5. The van der Waals surface area contributed by atoms with Gasteiger partial charge in [-0.25, -0.2) is 0 Å². The zero-order chi connectivity index (χ0) is 12.5. The summed E-state index contributed by atoms with van der Waals surface area (Å²) >= 11 is 0. The fourth-order valence-electron chi connectivity index (χ4n) is 2.38. The molecule has 0 atom stereocenters. The molecular weight excluding hydrogens is 224 g/mol. The summed E-state index contributed by atoms with van der Waals surface area (Å²) in [4.78, 5) is 0. The van der Waals surface area contributed by atoms with E-state index in [2.05, 4.69) is 36.3 Å². The molecule has 1 fully saturated rings. The monoisotopic (exact) mass is 242 g/mol. The Morgan fingerprint density at radius 3 is 2.61 bits per heavy atom. The topological polar surface area (TPSA) is 38.0 Å². The molecule has 3 nitrogen and oxygen atoms in total. The third kappa shape index (κ3) is 2.18. The molecule has 0 bridgehead atoms. The molecule has 0 amide bonds. The number of nitrogens with zero attached hydrogens (tertiary/aromatic N) is 2. The fraction of sp³-hybridized carbons (Fsp3) is 0.400. The number of hydrogen-bond donors (Lipinski definition) is 1. The predicted molar refractivity (Wildman–Crippen MR) is 70.4 cm³/mol. The van der Waals surface area contributed by atoms with Gasteiger partial charge in [-0.05, 0) is 25.3 Å². The molecule has 94 valence electrons. The molecule has 1 aliphatic rings. The Kier molecular flexibility index (Phi) is 2.92. The molecule has 18 heavy (non-hydrogen) atoms. The molecule has 0 spiro atoms. The van der Waals surface area contributed by atoms with Gasteiger partial charge in [-0.15, -0.1) is 0 Å². The summed E-state index contributed by atoms with van der Waals surface area (Å²) in [7, 11) is 0. The highest BCUT2D eigenvalue weighted by molar-refractivity contribution is 5.27. The largest absolute Gasteiger partial charge is 0.392 e. The highest BCUT2D eigenvalue weighted by Crippen LogP contribution is 2.41. The van der Waals surface area contributed by atoms with Crippen LogP contribution in [0, 0.1) is 6.92 Å². The smallest absolute Gasteiger partial charge is 0.0715 e. The van der Waals surface area contributed by atoms with Gasteiger partial charge in [0.05, 0.1) is 19.3 Å². The SMILES string of the molecule is Cc1ccc(Cn2ncc(CO)c2C2CC2)cc1. The van der Waals surface area contributed by atoms with Gasteiger partial charge in [-0.2, -0.15) is 5.10 Å². The number of hydrogen-bond acceptors (Lipinski definition) is 2. The second kappa shape index (κ2) is 4.58. The summed E-state index contributed by atoms with van der Waals surface area (Å²) in [6.45, 7) is 2.99. The van der Waals surface area contributed by atoms with Gasteiger partial charge in [0.25, 0.3) is 0 Å². The number of rotatable bonds is 4. The molecule has 1 saturated carbocycles. The van der Waals surface area contributed by atoms with Gasteiger partial charge in [-0.3, -0.25) is 4.68 Å². The van der Waals surface area contributed by atoms with Crippen molar-refractivity contribution >= 4 is 0 Å². The van der Waals surface area contributed by atoms with Gasteiger partial charge in [0.1, 0.15) is 0 Å². The molecule has 0 radical (unpaired) electrons. The normalized spacial score (nSPS) is 15.0. The first-order valence-electron chi connectivity index (χ1n) is 6.49. The van der Waals surface area contributed by atoms with Crippen LogP contribution in [0.4, 0.5) is 0 Å². The number of aliphatic hydroxyl groups excluding tert-OH is 1. The fourth-order valence-corrected chi connectivity index (χ4v) is 2.38. The van der Waals surface area contributed by atoms with E-state index in [1.54, 1.807) is 0 Å². The maximum absolute atomic E-state index is 9.36. The Bertz CT molecular complexity index is 538. The number of aromatic nitrogens is 2. The average Bonchev–Trinajstić information content (AvgIpc) is 3.14. The van der Waals surface area contributed by atoms with E-state index < -0.39 is 0 Å². The van der Waals surface area contributed by atoms with Crippen molar-refractivity contribution in [1.82, 2.24) is 9.78 Å². The lowest BCUT2D eigenvalue weighted by Gasteiger charge is -2.08. The van der Waals surface area contributed by atoms with Crippen LogP contribution in [0.2, 0.25) is 0 Å². The number of aliphatic hydroxyl groups is 1. The maximum atomic E-state index is 9.36. The van der Waals surface area contributed by atoms with E-state index >= 15 is 0 Å². The Labute approximate surface area is 107 Å². The minimum Gasteiger partial charge on any atom is -0.392 e. The third-order valence-electron chi connectivity index (χ3n) is 3.55. The van der Waals surface area contributed by atoms with E-state index in [4.69, 9.17) is 0 Å². The van der Waals surface area contributed by atoms with Crippen LogP contribution in [0.25, 0.3) is 0 Å². The summed E-state index contributed by atoms with van der Waals surface area (Å²) in [5.41, 5.74) is 4.76. The van der Waals surface area contributed by atoms with Gasteiger partial charge in [0.2, 0.25) is 0 Å². The van der Waals surface area contributed by atoms with Crippen LogP contribution in [0.3, 0.4) is 0 Å². The Morgan fingerprint density at radius 2 is 2.00 bits per heavy atom. The zero-order valence-electron chi connectivity index (χ0n) is 10.6. The molecule has 1 aromatic heterocycles. The molecule has 3 rings (SSSR count). The van der Waals surface area contributed by atoms with Crippen molar-refractivity contribution in [1.29, 1.82) is 0 Å². The molecule has 1 N–H and O–H groups in total. The minimum atomic E-state index is 0.0970. The molecule has 1 heterocycles. The predicted octanol–water partition coefficient (Wildman–Crippen LogP) is 2.61. The summed E-state index contributed by atoms with van der Waals surface area (Å²) in [6, 6.07) is 8.55. The van der Waals surface area contributed by atoms with Gasteiger partial charge >= 0.3 is 0 Å². The van der Waals surface area contributed by atoms with E-state index in [0.29, 0.717) is 5.92 Å². The highest BCUT2D eigenvalue weighted by atomic mass is 16.3. The molecule has 0 unspecified atom stereocenters. The van der Waals surface area contributed by atoms with Gasteiger partial charge in [0, 0.05) is 17.2 Å². The van der Waals surface area contributed by atoms with Crippen LogP contribution in [0.5, 0.6) is 0 Å². The van der Waals surface area contributed by atoms with Crippen molar-refractivity contribution in [2.75, 3.05) is 0 Å². The number of aryl methyl sites for hydroxylation is 1. The van der Waals surface area contributed by atoms with Gasteiger partial charge in [-0.1, -0.05) is 29.8 Å². The molecule has 0 aliphatic heterocycles. The van der Waals surface area contributed by atoms with Crippen LogP contribution in [-0.2, 0) is 13.2 Å². The first-order chi connectivity index (χ1) is 8.78. The lowest BCUT2D eigenvalue weighted by atomic mass is 10.1. The molecule has 1 aliphatic carbocycles. The standard InChI is InChI=1S/C15H18N2O/c1-11-2-4-12(5-3-11)9-17-15(13-6-7-13)14(10-18)8-16-17/h2-5,8,13,18H,6-7,9-10H2,1H3. The van der Waals surface area contributed by atoms with Crippen LogP contribution in [0.1, 0.15) is 41.1 Å². The Balaban J connectivity index is 1.88. The Morgan fingerprint density at radius 1 is 1.28 bits per heavy atom. The van der Waals surface area contributed by atoms with E-state index in [1.807, 2.05) is 10.9 Å². The molecular formula is C15H18N2O. The molecule has 3 heteroatoms. The lowest BCUT2D eigenvalue weighted by Crippen LogP contribution is -2.06. The van der Waals surface area contributed by atoms with Gasteiger partial charge in [0.15, 0.2) is 0 Å². The van der Waals surface area contributed by atoms with Gasteiger partial charge < -0.3 is 5.11 Å². The number of benzene rings is 1. The van der Waals surface area contributed by atoms with E-state index in [0.717, 1.165) is 12.1 Å². The van der Waals surface area contributed by atoms with Crippen LogP contribution in [-0.4, -0.2) is 14.9 Å². The summed E-state index contributed by atoms with van der Waals surface area (Å²) in [5.74, 6) is 0.611. The van der Waals surface area contributed by atoms with Crippen molar-refractivity contribution in [2.24, 2.45) is 0 Å². The van der Waals surface area contributed by atoms with Crippen molar-refractivity contribution in [3.05, 3.63) is 52.8 Å². The first-order valence-corrected chi connectivity index (χ1v) is 6.49. The second-order valence-electron chi connectivity index (χ2n) is 5.13. The van der Waals surface area contributed by atoms with E-state index in [-0.39, 0.29) is 6.61 Å². The molecule has 1 aromatic carbocycles. The third-order valence-corrected chi connectivity index (χ3v) is 3.55. The maximum Gasteiger partial charge on any atom is 0.0715 e. The van der Waals surface area contributed by atoms with E-state index in [9.17, 15) is 5.11 Å². The van der Waals surface area contributed by atoms with Crippen molar-refractivity contribution in [2.45, 2.75) is 38.8 Å². The van der Waals surface area contributed by atoms with Crippen molar-refractivity contribution in [3.8, 4) is 0 Å². The summed E-state index contributed by atoms with van der Waals surface area (Å²) in [6.07, 6.45) is 4.26. The molecule has 0 saturated heterocycles. The minimum absolute atomic E-state index is 0.0970. The molecule has 2 aromatic rings. The van der Waals surface area contributed by atoms with Crippen molar-refractivity contribution in [3.63, 3.8) is 0 Å². The Hall–Kier alpha value is -1.61. The second-order valence-corrected chi connectivity index (χ2v) is 5.13. The van der Waals surface area contributed by atoms with Crippen LogP contribution >= 0.6 is 0 Å². The summed E-state index contributed by atoms with van der Waals surface area (Å²) < 4.78 is 2.05. The van der Waals surface area contributed by atoms with Crippen LogP contribution < -0.4 is 0 Å². The zero-order valence-corrected chi connectivity index (χ0v) is 10.6. The highest BCUT2D eigenvalue weighted by Gasteiger charge is 2.29. The van der Waals surface area contributed by atoms with Crippen LogP contribution in [0.15, 0.2) is 30.5 Å². The van der Waals surface area contributed by atoms with Crippen molar-refractivity contribution < 1.29 is 5.11 Å². The summed E-state index contributed by atoms with van der Waals surface area (Å²) in [5, 5.41) is 13.8. The average molecular weight is 242 g/mol. The quantitative estimate of drug-likeness (QED) is 0.895. The lowest BCUT2D eigenvalue weighted by molar-refractivity contribution is 0.280. The van der Waals surface area contributed by atoms with E-state index in [1.165, 1.54) is 29.7 Å².